The molecule has 0 radical (unpaired) electrons. The fourth-order valence-electron chi connectivity index (χ4n) is 6.36. The van der Waals surface area contributed by atoms with E-state index >= 15 is 0 Å². The second-order valence-corrected chi connectivity index (χ2v) is 11.0. The third-order valence-corrected chi connectivity index (χ3v) is 8.39. The summed E-state index contributed by atoms with van der Waals surface area (Å²) in [5, 5.41) is 2.55. The van der Waals surface area contributed by atoms with Crippen molar-refractivity contribution in [3.8, 4) is 27.9 Å². The number of nitrogens with zero attached hydrogens (tertiary/aromatic N) is 2. The molecule has 0 aliphatic carbocycles. The van der Waals surface area contributed by atoms with Crippen molar-refractivity contribution in [2.24, 2.45) is 0 Å². The van der Waals surface area contributed by atoms with Crippen LogP contribution in [-0.2, 0) is 0 Å². The van der Waals surface area contributed by atoms with Gasteiger partial charge in [0.1, 0.15) is 0 Å². The van der Waals surface area contributed by atoms with E-state index in [1.165, 1.54) is 44.1 Å². The van der Waals surface area contributed by atoms with E-state index < -0.39 is 0 Å². The highest BCUT2D eigenvalue weighted by Gasteiger charge is 2.17. The van der Waals surface area contributed by atoms with E-state index in [0.29, 0.717) is 0 Å². The Labute approximate surface area is 257 Å². The molecular formula is C42H30N2. The predicted octanol–water partition coefficient (Wildman–Crippen LogP) is 11.6. The molecule has 0 spiro atoms. The van der Waals surface area contributed by atoms with Crippen molar-refractivity contribution in [3.63, 3.8) is 0 Å². The largest absolute Gasteiger partial charge is 0.310 e. The highest BCUT2D eigenvalue weighted by Crippen LogP contribution is 2.41. The van der Waals surface area contributed by atoms with Crippen LogP contribution >= 0.6 is 0 Å². The van der Waals surface area contributed by atoms with Gasteiger partial charge >= 0.3 is 0 Å². The molecule has 44 heavy (non-hydrogen) atoms. The van der Waals surface area contributed by atoms with Gasteiger partial charge in [0.05, 0.1) is 16.7 Å². The average Bonchev–Trinajstić information content (AvgIpc) is 3.44. The molecule has 0 unspecified atom stereocenters. The zero-order valence-corrected chi connectivity index (χ0v) is 24.2. The van der Waals surface area contributed by atoms with Gasteiger partial charge < -0.3 is 9.47 Å². The summed E-state index contributed by atoms with van der Waals surface area (Å²) in [6.07, 6.45) is 0. The van der Waals surface area contributed by atoms with Crippen LogP contribution in [0, 0.1) is 0 Å². The van der Waals surface area contributed by atoms with E-state index in [9.17, 15) is 0 Å². The zero-order valence-electron chi connectivity index (χ0n) is 24.2. The van der Waals surface area contributed by atoms with Gasteiger partial charge in [-0.2, -0.15) is 0 Å². The standard InChI is InChI=1S/C42H30N2/c1-3-14-32(15-4-1)37-20-7-10-23-40(37)43(34-17-5-2-6-18-34)35-28-26-31(27-29-35)33-16-13-19-36(30-33)44-41-24-11-8-21-38(41)39-22-9-12-25-42(39)44/h1-30H. The normalized spacial score (nSPS) is 11.2. The molecule has 0 N–H and O–H groups in total. The van der Waals surface area contributed by atoms with E-state index in [-0.39, 0.29) is 0 Å². The van der Waals surface area contributed by atoms with Gasteiger partial charge in [-0.1, -0.05) is 127 Å². The fourth-order valence-corrected chi connectivity index (χ4v) is 6.36. The molecule has 0 aliphatic heterocycles. The van der Waals surface area contributed by atoms with E-state index in [1.54, 1.807) is 0 Å². The van der Waals surface area contributed by atoms with Crippen LogP contribution in [0.15, 0.2) is 182 Å². The summed E-state index contributed by atoms with van der Waals surface area (Å²) in [6, 6.07) is 65.0. The number of para-hydroxylation sites is 4. The van der Waals surface area contributed by atoms with Gasteiger partial charge in [-0.3, -0.25) is 0 Å². The quantitative estimate of drug-likeness (QED) is 0.196. The maximum atomic E-state index is 2.38. The molecular weight excluding hydrogens is 532 g/mol. The molecule has 2 heteroatoms. The maximum Gasteiger partial charge on any atom is 0.0541 e. The van der Waals surface area contributed by atoms with Crippen LogP contribution in [0.1, 0.15) is 0 Å². The van der Waals surface area contributed by atoms with E-state index in [1.807, 2.05) is 0 Å². The molecule has 1 aromatic heterocycles. The summed E-state index contributed by atoms with van der Waals surface area (Å²) in [6.45, 7) is 0. The SMILES string of the molecule is c1ccc(-c2ccccc2N(c2ccccc2)c2ccc(-c3cccc(-n4c5ccccc5c5ccccc54)c3)cc2)cc1. The van der Waals surface area contributed by atoms with Gasteiger partial charge in [0.15, 0.2) is 0 Å². The Balaban J connectivity index is 1.21. The number of anilines is 3. The predicted molar refractivity (Wildman–Crippen MR) is 186 cm³/mol. The summed E-state index contributed by atoms with van der Waals surface area (Å²) < 4.78 is 2.38. The van der Waals surface area contributed by atoms with Crippen LogP contribution < -0.4 is 4.90 Å². The number of hydrogen-bond acceptors (Lipinski definition) is 1. The highest BCUT2D eigenvalue weighted by molar-refractivity contribution is 6.09. The molecule has 0 saturated heterocycles. The Bertz CT molecular complexity index is 2160. The minimum absolute atomic E-state index is 1.11. The Kier molecular flexibility index (Phi) is 6.51. The summed E-state index contributed by atoms with van der Waals surface area (Å²) in [5.74, 6) is 0. The van der Waals surface area contributed by atoms with Gasteiger partial charge in [-0.05, 0) is 71.3 Å². The van der Waals surface area contributed by atoms with Gasteiger partial charge in [0.2, 0.25) is 0 Å². The number of rotatable bonds is 6. The number of benzene rings is 7. The number of aromatic nitrogens is 1. The first kappa shape index (κ1) is 25.8. The van der Waals surface area contributed by atoms with Crippen molar-refractivity contribution < 1.29 is 0 Å². The molecule has 0 fully saturated rings. The fraction of sp³-hybridized carbons (Fsp3) is 0. The third kappa shape index (κ3) is 4.54. The lowest BCUT2D eigenvalue weighted by Gasteiger charge is -2.28. The zero-order chi connectivity index (χ0) is 29.3. The average molecular weight is 563 g/mol. The van der Waals surface area contributed by atoms with Crippen molar-refractivity contribution in [2.75, 3.05) is 4.90 Å². The molecule has 7 aromatic carbocycles. The molecule has 208 valence electrons. The number of fused-ring (bicyclic) bond motifs is 3. The lowest BCUT2D eigenvalue weighted by atomic mass is 10.0. The molecule has 1 heterocycles. The molecule has 8 rings (SSSR count). The Morgan fingerprint density at radius 1 is 0.364 bits per heavy atom. The summed E-state index contributed by atoms with van der Waals surface area (Å²) in [5.41, 5.74) is 11.7. The van der Waals surface area contributed by atoms with E-state index in [0.717, 1.165) is 22.7 Å². The lowest BCUT2D eigenvalue weighted by molar-refractivity contribution is 1.18. The minimum Gasteiger partial charge on any atom is -0.310 e. The first-order valence-corrected chi connectivity index (χ1v) is 15.0. The summed E-state index contributed by atoms with van der Waals surface area (Å²) >= 11 is 0. The summed E-state index contributed by atoms with van der Waals surface area (Å²) in [7, 11) is 0. The van der Waals surface area contributed by atoms with E-state index in [4.69, 9.17) is 0 Å². The van der Waals surface area contributed by atoms with Gasteiger partial charge in [-0.15, -0.1) is 0 Å². The van der Waals surface area contributed by atoms with Crippen molar-refractivity contribution in [3.05, 3.63) is 182 Å². The first-order chi connectivity index (χ1) is 21.8. The van der Waals surface area contributed by atoms with Crippen molar-refractivity contribution >= 4 is 38.9 Å². The van der Waals surface area contributed by atoms with Crippen LogP contribution in [0.5, 0.6) is 0 Å². The Morgan fingerprint density at radius 3 is 1.61 bits per heavy atom. The van der Waals surface area contributed by atoms with Gasteiger partial charge in [0, 0.05) is 33.4 Å². The lowest BCUT2D eigenvalue weighted by Crippen LogP contribution is -2.11. The molecule has 2 nitrogen and oxygen atoms in total. The molecule has 0 atom stereocenters. The second-order valence-electron chi connectivity index (χ2n) is 11.0. The molecule has 0 aliphatic rings. The molecule has 8 aromatic rings. The van der Waals surface area contributed by atoms with E-state index in [2.05, 4.69) is 191 Å². The van der Waals surface area contributed by atoms with Crippen LogP contribution in [0.2, 0.25) is 0 Å². The third-order valence-electron chi connectivity index (χ3n) is 8.39. The number of hydrogen-bond donors (Lipinski definition) is 0. The highest BCUT2D eigenvalue weighted by atomic mass is 15.1. The summed E-state index contributed by atoms with van der Waals surface area (Å²) in [4.78, 5) is 2.35. The Morgan fingerprint density at radius 2 is 0.909 bits per heavy atom. The monoisotopic (exact) mass is 562 g/mol. The van der Waals surface area contributed by atoms with Crippen LogP contribution in [0.4, 0.5) is 17.1 Å². The molecule has 0 saturated carbocycles. The van der Waals surface area contributed by atoms with Crippen molar-refractivity contribution in [2.45, 2.75) is 0 Å². The van der Waals surface area contributed by atoms with Crippen molar-refractivity contribution in [1.82, 2.24) is 4.57 Å². The second kappa shape index (κ2) is 11.1. The van der Waals surface area contributed by atoms with Crippen LogP contribution in [0.25, 0.3) is 49.7 Å². The minimum atomic E-state index is 1.11. The molecule has 0 bridgehead atoms. The Hall–Kier alpha value is -5.86. The van der Waals surface area contributed by atoms with Crippen LogP contribution in [0.3, 0.4) is 0 Å². The smallest absolute Gasteiger partial charge is 0.0541 e. The topological polar surface area (TPSA) is 8.17 Å². The van der Waals surface area contributed by atoms with Crippen LogP contribution in [-0.4, -0.2) is 4.57 Å². The molecule has 0 amide bonds. The van der Waals surface area contributed by atoms with Crippen molar-refractivity contribution in [1.29, 1.82) is 0 Å². The first-order valence-electron chi connectivity index (χ1n) is 15.0. The van der Waals surface area contributed by atoms with Gasteiger partial charge in [-0.25, -0.2) is 0 Å². The van der Waals surface area contributed by atoms with Gasteiger partial charge in [0.25, 0.3) is 0 Å². The maximum absolute atomic E-state index is 2.38.